The number of anilines is 1. The lowest BCUT2D eigenvalue weighted by atomic mass is 9.80. The molecular formula is C14H23N3. The van der Waals surface area contributed by atoms with Crippen molar-refractivity contribution in [1.29, 1.82) is 0 Å². The quantitative estimate of drug-likeness (QED) is 0.870. The van der Waals surface area contributed by atoms with Gasteiger partial charge in [-0.25, -0.2) is 4.98 Å². The van der Waals surface area contributed by atoms with Crippen LogP contribution in [0.2, 0.25) is 0 Å². The average Bonchev–Trinajstić information content (AvgIpc) is 2.32. The van der Waals surface area contributed by atoms with Gasteiger partial charge in [-0.2, -0.15) is 0 Å². The Balaban J connectivity index is 1.94. The molecule has 94 valence electrons. The fourth-order valence-corrected chi connectivity index (χ4v) is 2.63. The van der Waals surface area contributed by atoms with E-state index in [2.05, 4.69) is 22.2 Å². The third-order valence-corrected chi connectivity index (χ3v) is 3.90. The number of hydrogen-bond donors (Lipinski definition) is 1. The van der Waals surface area contributed by atoms with Crippen molar-refractivity contribution in [1.82, 2.24) is 9.97 Å². The molecule has 17 heavy (non-hydrogen) atoms. The summed E-state index contributed by atoms with van der Waals surface area (Å²) in [6, 6.07) is 0. The van der Waals surface area contributed by atoms with Crippen molar-refractivity contribution < 1.29 is 0 Å². The van der Waals surface area contributed by atoms with Gasteiger partial charge in [0, 0.05) is 12.7 Å². The number of rotatable bonds is 3. The number of nitrogens with zero attached hydrogens (tertiary/aromatic N) is 2. The molecule has 0 aliphatic heterocycles. The van der Waals surface area contributed by atoms with Gasteiger partial charge in [0.05, 0.1) is 11.4 Å². The Bertz CT molecular complexity index is 376. The topological polar surface area (TPSA) is 37.8 Å². The second kappa shape index (κ2) is 5.48. The van der Waals surface area contributed by atoms with Gasteiger partial charge in [-0.05, 0) is 32.1 Å². The van der Waals surface area contributed by atoms with Crippen LogP contribution in [-0.2, 0) is 0 Å². The van der Waals surface area contributed by atoms with E-state index < -0.39 is 0 Å². The normalized spacial score (nSPS) is 24.6. The molecule has 1 heterocycles. The average molecular weight is 233 g/mol. The number of hydrogen-bond acceptors (Lipinski definition) is 3. The van der Waals surface area contributed by atoms with Crippen LogP contribution in [0.4, 0.5) is 5.82 Å². The highest BCUT2D eigenvalue weighted by Crippen LogP contribution is 2.29. The largest absolute Gasteiger partial charge is 0.368 e. The Hall–Kier alpha value is -1.12. The molecule has 1 aliphatic rings. The van der Waals surface area contributed by atoms with Crippen LogP contribution in [0, 0.1) is 25.7 Å². The SMILES string of the molecule is Cc1cnc(C)c(NCC2CCCCC2C)n1. The first-order valence-electron chi connectivity index (χ1n) is 6.71. The zero-order valence-corrected chi connectivity index (χ0v) is 11.2. The summed E-state index contributed by atoms with van der Waals surface area (Å²) in [5.74, 6) is 2.60. The minimum Gasteiger partial charge on any atom is -0.368 e. The number of aryl methyl sites for hydroxylation is 2. The zero-order valence-electron chi connectivity index (χ0n) is 11.2. The fraction of sp³-hybridized carbons (Fsp3) is 0.714. The molecule has 2 rings (SSSR count). The summed E-state index contributed by atoms with van der Waals surface area (Å²) in [5.41, 5.74) is 1.98. The first-order chi connectivity index (χ1) is 8.16. The van der Waals surface area contributed by atoms with Gasteiger partial charge in [-0.3, -0.25) is 4.98 Å². The molecule has 1 fully saturated rings. The van der Waals surface area contributed by atoms with E-state index >= 15 is 0 Å². The molecule has 0 saturated heterocycles. The maximum Gasteiger partial charge on any atom is 0.147 e. The molecule has 0 amide bonds. The van der Waals surface area contributed by atoms with Gasteiger partial charge in [0.15, 0.2) is 0 Å². The minimum atomic E-state index is 0.797. The summed E-state index contributed by atoms with van der Waals surface area (Å²) in [6.07, 6.45) is 7.34. The van der Waals surface area contributed by atoms with Crippen LogP contribution in [0.5, 0.6) is 0 Å². The molecule has 3 heteroatoms. The van der Waals surface area contributed by atoms with E-state index in [1.54, 1.807) is 0 Å². The smallest absolute Gasteiger partial charge is 0.147 e. The predicted octanol–water partition coefficient (Wildman–Crippen LogP) is 3.33. The van der Waals surface area contributed by atoms with Gasteiger partial charge >= 0.3 is 0 Å². The third kappa shape index (κ3) is 3.18. The van der Waals surface area contributed by atoms with Crippen molar-refractivity contribution in [2.45, 2.75) is 46.5 Å². The molecule has 1 saturated carbocycles. The van der Waals surface area contributed by atoms with Gasteiger partial charge in [-0.1, -0.05) is 26.2 Å². The van der Waals surface area contributed by atoms with Gasteiger partial charge in [0.1, 0.15) is 5.82 Å². The Morgan fingerprint density at radius 3 is 2.82 bits per heavy atom. The molecule has 0 bridgehead atoms. The van der Waals surface area contributed by atoms with Crippen LogP contribution < -0.4 is 5.32 Å². The Morgan fingerprint density at radius 2 is 2.06 bits per heavy atom. The van der Waals surface area contributed by atoms with Crippen LogP contribution in [-0.4, -0.2) is 16.5 Å². The summed E-state index contributed by atoms with van der Waals surface area (Å²) in [7, 11) is 0. The van der Waals surface area contributed by atoms with Crippen LogP contribution >= 0.6 is 0 Å². The van der Waals surface area contributed by atoms with Crippen LogP contribution in [0.25, 0.3) is 0 Å². The summed E-state index contributed by atoms with van der Waals surface area (Å²) in [6.45, 7) is 7.42. The van der Waals surface area contributed by atoms with Crippen molar-refractivity contribution in [2.24, 2.45) is 11.8 Å². The van der Waals surface area contributed by atoms with E-state index in [-0.39, 0.29) is 0 Å². The standard InChI is InChI=1S/C14H23N3/c1-10-6-4-5-7-13(10)9-16-14-12(3)15-8-11(2)17-14/h8,10,13H,4-7,9H2,1-3H3,(H,16,17). The summed E-state index contributed by atoms with van der Waals surface area (Å²) >= 11 is 0. The second-order valence-electron chi connectivity index (χ2n) is 5.35. The molecule has 1 aromatic heterocycles. The summed E-state index contributed by atoms with van der Waals surface area (Å²) < 4.78 is 0. The molecule has 3 nitrogen and oxygen atoms in total. The van der Waals surface area contributed by atoms with Crippen molar-refractivity contribution in [3.63, 3.8) is 0 Å². The van der Waals surface area contributed by atoms with Gasteiger partial charge in [-0.15, -0.1) is 0 Å². The second-order valence-corrected chi connectivity index (χ2v) is 5.35. The maximum absolute atomic E-state index is 4.51. The van der Waals surface area contributed by atoms with Crippen molar-refractivity contribution in [3.05, 3.63) is 17.6 Å². The molecule has 1 aromatic rings. The Labute approximate surface area is 104 Å². The first kappa shape index (κ1) is 12.3. The van der Waals surface area contributed by atoms with E-state index in [1.165, 1.54) is 25.7 Å². The minimum absolute atomic E-state index is 0.797. The van der Waals surface area contributed by atoms with Crippen molar-refractivity contribution >= 4 is 5.82 Å². The molecule has 1 aliphatic carbocycles. The highest BCUT2D eigenvalue weighted by molar-refractivity contribution is 5.39. The monoisotopic (exact) mass is 233 g/mol. The highest BCUT2D eigenvalue weighted by atomic mass is 15.0. The van der Waals surface area contributed by atoms with E-state index in [0.29, 0.717) is 0 Å². The number of nitrogens with one attached hydrogen (secondary N) is 1. The van der Waals surface area contributed by atoms with E-state index in [4.69, 9.17) is 0 Å². The Kier molecular flexibility index (Phi) is 3.97. The molecular weight excluding hydrogens is 210 g/mol. The summed E-state index contributed by atoms with van der Waals surface area (Å²) in [5, 5.41) is 3.48. The molecule has 0 aromatic carbocycles. The molecule has 2 unspecified atom stereocenters. The van der Waals surface area contributed by atoms with E-state index in [0.717, 1.165) is 35.6 Å². The highest BCUT2D eigenvalue weighted by Gasteiger charge is 2.21. The lowest BCUT2D eigenvalue weighted by Crippen LogP contribution is -2.25. The Morgan fingerprint density at radius 1 is 1.29 bits per heavy atom. The number of aromatic nitrogens is 2. The summed E-state index contributed by atoms with van der Waals surface area (Å²) in [4.78, 5) is 8.84. The predicted molar refractivity (Wildman–Crippen MR) is 71.1 cm³/mol. The van der Waals surface area contributed by atoms with Crippen molar-refractivity contribution in [2.75, 3.05) is 11.9 Å². The molecule has 2 atom stereocenters. The molecule has 1 N–H and O–H groups in total. The molecule has 0 spiro atoms. The van der Waals surface area contributed by atoms with Gasteiger partial charge in [0.25, 0.3) is 0 Å². The lowest BCUT2D eigenvalue weighted by molar-refractivity contribution is 0.268. The van der Waals surface area contributed by atoms with E-state index in [1.807, 2.05) is 20.0 Å². The maximum atomic E-state index is 4.51. The van der Waals surface area contributed by atoms with Crippen LogP contribution in [0.15, 0.2) is 6.20 Å². The van der Waals surface area contributed by atoms with Gasteiger partial charge < -0.3 is 5.32 Å². The van der Waals surface area contributed by atoms with Crippen LogP contribution in [0.3, 0.4) is 0 Å². The zero-order chi connectivity index (χ0) is 12.3. The third-order valence-electron chi connectivity index (χ3n) is 3.90. The molecule has 0 radical (unpaired) electrons. The van der Waals surface area contributed by atoms with Crippen molar-refractivity contribution in [3.8, 4) is 0 Å². The van der Waals surface area contributed by atoms with Gasteiger partial charge in [0.2, 0.25) is 0 Å². The fourth-order valence-electron chi connectivity index (χ4n) is 2.63. The lowest BCUT2D eigenvalue weighted by Gasteiger charge is -2.29. The first-order valence-corrected chi connectivity index (χ1v) is 6.71. The van der Waals surface area contributed by atoms with E-state index in [9.17, 15) is 0 Å². The van der Waals surface area contributed by atoms with Crippen LogP contribution in [0.1, 0.15) is 44.0 Å².